The molecular weight excluding hydrogens is 178 g/mol. The van der Waals surface area contributed by atoms with Gasteiger partial charge in [0.25, 0.3) is 0 Å². The smallest absolute Gasteiger partial charge is 0.162 e. The Hall–Kier alpha value is -0.900. The summed E-state index contributed by atoms with van der Waals surface area (Å²) in [4.78, 5) is 0. The van der Waals surface area contributed by atoms with Gasteiger partial charge in [0.05, 0.1) is 0 Å². The summed E-state index contributed by atoms with van der Waals surface area (Å²) >= 11 is 0. The molecule has 1 aliphatic rings. The van der Waals surface area contributed by atoms with Gasteiger partial charge in [-0.15, -0.1) is 10.2 Å². The average molecular weight is 195 g/mol. The maximum Gasteiger partial charge on any atom is 0.162 e. The molecule has 1 N–H and O–H groups in total. The van der Waals surface area contributed by atoms with Crippen LogP contribution in [0, 0.1) is 18.3 Å². The Morgan fingerprint density at radius 1 is 1.50 bits per heavy atom. The van der Waals surface area contributed by atoms with Gasteiger partial charge < -0.3 is 9.67 Å². The van der Waals surface area contributed by atoms with Crippen LogP contribution < -0.4 is 0 Å². The zero-order chi connectivity index (χ0) is 10.5. The molecule has 2 unspecified atom stereocenters. The fraction of sp³-hybridized carbons (Fsp3) is 0.800. The molecule has 1 aliphatic carbocycles. The maximum absolute atomic E-state index is 10.1. The minimum absolute atomic E-state index is 0.263. The first kappa shape index (κ1) is 9.65. The van der Waals surface area contributed by atoms with Gasteiger partial charge in [-0.3, -0.25) is 0 Å². The average Bonchev–Trinajstić information content (AvgIpc) is 2.61. The van der Waals surface area contributed by atoms with E-state index in [-0.39, 0.29) is 5.41 Å². The molecule has 1 heterocycles. The van der Waals surface area contributed by atoms with Crippen LogP contribution in [0.4, 0.5) is 0 Å². The van der Waals surface area contributed by atoms with E-state index in [0.29, 0.717) is 11.7 Å². The third-order valence-corrected chi connectivity index (χ3v) is 3.36. The molecule has 0 spiro atoms. The molecule has 1 aromatic heterocycles. The molecule has 2 atom stereocenters. The first-order chi connectivity index (χ1) is 6.43. The van der Waals surface area contributed by atoms with Crippen molar-refractivity contribution in [2.75, 3.05) is 0 Å². The summed E-state index contributed by atoms with van der Waals surface area (Å²) in [6, 6.07) is 0. The summed E-state index contributed by atoms with van der Waals surface area (Å²) in [5.74, 6) is 1.88. The molecule has 1 fully saturated rings. The number of aliphatic hydroxyl groups excluding tert-OH is 1. The van der Waals surface area contributed by atoms with E-state index in [1.165, 1.54) is 0 Å². The van der Waals surface area contributed by atoms with Crippen LogP contribution in [0.15, 0.2) is 0 Å². The van der Waals surface area contributed by atoms with E-state index < -0.39 is 6.10 Å². The Bertz CT molecular complexity index is 356. The minimum atomic E-state index is -0.462. The lowest BCUT2D eigenvalue weighted by Crippen LogP contribution is -2.11. The van der Waals surface area contributed by atoms with E-state index in [4.69, 9.17) is 0 Å². The molecule has 4 nitrogen and oxygen atoms in total. The van der Waals surface area contributed by atoms with Gasteiger partial charge in [0.1, 0.15) is 11.9 Å². The third kappa shape index (κ3) is 1.34. The van der Waals surface area contributed by atoms with Gasteiger partial charge in [-0.1, -0.05) is 13.8 Å². The summed E-state index contributed by atoms with van der Waals surface area (Å²) in [5, 5.41) is 18.0. The zero-order valence-electron chi connectivity index (χ0n) is 9.15. The van der Waals surface area contributed by atoms with Crippen molar-refractivity contribution in [1.29, 1.82) is 0 Å². The molecule has 1 saturated carbocycles. The topological polar surface area (TPSA) is 50.9 Å². The Morgan fingerprint density at radius 2 is 2.07 bits per heavy atom. The minimum Gasteiger partial charge on any atom is -0.385 e. The molecule has 1 aromatic rings. The molecule has 0 aliphatic heterocycles. The van der Waals surface area contributed by atoms with E-state index in [0.717, 1.165) is 12.2 Å². The van der Waals surface area contributed by atoms with Gasteiger partial charge in [-0.05, 0) is 24.7 Å². The zero-order valence-corrected chi connectivity index (χ0v) is 9.15. The van der Waals surface area contributed by atoms with Crippen molar-refractivity contribution < 1.29 is 5.11 Å². The van der Waals surface area contributed by atoms with Crippen LogP contribution in [0.2, 0.25) is 0 Å². The normalized spacial score (nSPS) is 26.2. The Balaban J connectivity index is 2.20. The number of aromatic nitrogens is 3. The number of aliphatic hydroxyl groups is 1. The summed E-state index contributed by atoms with van der Waals surface area (Å²) in [6.07, 6.45) is 0.608. The van der Waals surface area contributed by atoms with Crippen molar-refractivity contribution in [3.05, 3.63) is 11.6 Å². The molecule has 78 valence electrons. The quantitative estimate of drug-likeness (QED) is 0.771. The first-order valence-corrected chi connectivity index (χ1v) is 4.97. The summed E-state index contributed by atoms with van der Waals surface area (Å²) < 4.78 is 1.86. The van der Waals surface area contributed by atoms with E-state index in [1.54, 1.807) is 0 Å². The van der Waals surface area contributed by atoms with E-state index >= 15 is 0 Å². The number of nitrogens with zero attached hydrogens (tertiary/aromatic N) is 3. The van der Waals surface area contributed by atoms with Crippen molar-refractivity contribution in [2.45, 2.75) is 33.3 Å². The van der Waals surface area contributed by atoms with Gasteiger partial charge in [0.15, 0.2) is 5.82 Å². The van der Waals surface area contributed by atoms with Gasteiger partial charge in [0.2, 0.25) is 0 Å². The van der Waals surface area contributed by atoms with Gasteiger partial charge >= 0.3 is 0 Å². The van der Waals surface area contributed by atoms with Gasteiger partial charge in [-0.25, -0.2) is 0 Å². The first-order valence-electron chi connectivity index (χ1n) is 4.97. The van der Waals surface area contributed by atoms with Crippen LogP contribution in [0.3, 0.4) is 0 Å². The van der Waals surface area contributed by atoms with Gasteiger partial charge in [-0.2, -0.15) is 0 Å². The summed E-state index contributed by atoms with van der Waals surface area (Å²) in [7, 11) is 1.89. The molecule has 0 saturated heterocycles. The monoisotopic (exact) mass is 195 g/mol. The highest BCUT2D eigenvalue weighted by Gasteiger charge is 2.51. The highest BCUT2D eigenvalue weighted by molar-refractivity contribution is 5.07. The van der Waals surface area contributed by atoms with Crippen LogP contribution >= 0.6 is 0 Å². The van der Waals surface area contributed by atoms with E-state index in [9.17, 15) is 5.11 Å². The fourth-order valence-electron chi connectivity index (χ4n) is 1.91. The van der Waals surface area contributed by atoms with Crippen LogP contribution in [-0.2, 0) is 7.05 Å². The molecule has 4 heteroatoms. The third-order valence-electron chi connectivity index (χ3n) is 3.36. The molecular formula is C10H17N3O. The summed E-state index contributed by atoms with van der Waals surface area (Å²) in [5.41, 5.74) is 0.263. The molecule has 0 radical (unpaired) electrons. The van der Waals surface area contributed by atoms with Crippen molar-refractivity contribution >= 4 is 0 Å². The van der Waals surface area contributed by atoms with Crippen molar-refractivity contribution in [2.24, 2.45) is 18.4 Å². The lowest BCUT2D eigenvalue weighted by molar-refractivity contribution is 0.125. The highest BCUT2D eigenvalue weighted by atomic mass is 16.3. The predicted octanol–water partition coefficient (Wildman–Crippen LogP) is 1.20. The number of hydrogen-bond acceptors (Lipinski definition) is 3. The molecule has 2 rings (SSSR count). The van der Waals surface area contributed by atoms with Crippen LogP contribution in [0.25, 0.3) is 0 Å². The standard InChI is InChI=1S/C10H17N3O/c1-6-11-12-9(13(6)4)8(14)7-5-10(7,2)3/h7-8,14H,5H2,1-4H3. The molecule has 0 aromatic carbocycles. The van der Waals surface area contributed by atoms with Crippen LogP contribution in [-0.4, -0.2) is 19.9 Å². The Morgan fingerprint density at radius 3 is 2.43 bits per heavy atom. The van der Waals surface area contributed by atoms with Crippen LogP contribution in [0.5, 0.6) is 0 Å². The number of rotatable bonds is 2. The second-order valence-corrected chi connectivity index (χ2v) is 4.91. The SMILES string of the molecule is Cc1nnc(C(O)C2CC2(C)C)n1C. The number of aryl methyl sites for hydroxylation is 1. The molecule has 14 heavy (non-hydrogen) atoms. The maximum atomic E-state index is 10.1. The van der Waals surface area contributed by atoms with Crippen molar-refractivity contribution in [3.63, 3.8) is 0 Å². The Labute approximate surface area is 84.0 Å². The largest absolute Gasteiger partial charge is 0.385 e. The molecule has 0 amide bonds. The Kier molecular flexibility index (Phi) is 1.93. The molecule has 0 bridgehead atoms. The second-order valence-electron chi connectivity index (χ2n) is 4.91. The second kappa shape index (κ2) is 2.79. The van der Waals surface area contributed by atoms with Crippen LogP contribution in [0.1, 0.15) is 38.0 Å². The fourth-order valence-corrected chi connectivity index (χ4v) is 1.91. The number of hydrogen-bond donors (Lipinski definition) is 1. The van der Waals surface area contributed by atoms with E-state index in [1.807, 2.05) is 18.5 Å². The van der Waals surface area contributed by atoms with Crippen molar-refractivity contribution in [3.8, 4) is 0 Å². The van der Waals surface area contributed by atoms with E-state index in [2.05, 4.69) is 24.0 Å². The highest BCUT2D eigenvalue weighted by Crippen LogP contribution is 2.57. The lowest BCUT2D eigenvalue weighted by atomic mass is 10.1. The van der Waals surface area contributed by atoms with Gasteiger partial charge in [0, 0.05) is 7.05 Å². The van der Waals surface area contributed by atoms with Crippen molar-refractivity contribution in [1.82, 2.24) is 14.8 Å². The lowest BCUT2D eigenvalue weighted by Gasteiger charge is -2.11. The predicted molar refractivity (Wildman–Crippen MR) is 52.6 cm³/mol. The summed E-state index contributed by atoms with van der Waals surface area (Å²) in [6.45, 7) is 6.23.